The van der Waals surface area contributed by atoms with Crippen molar-refractivity contribution in [3.63, 3.8) is 0 Å². The first-order chi connectivity index (χ1) is 14.4. The maximum Gasteiger partial charge on any atom is 0.229 e. The minimum atomic E-state index is -0.421. The first-order valence-corrected chi connectivity index (χ1v) is 10.5. The first-order valence-electron chi connectivity index (χ1n) is 10.1. The smallest absolute Gasteiger partial charge is 0.229 e. The van der Waals surface area contributed by atoms with Crippen molar-refractivity contribution in [2.24, 2.45) is 0 Å². The zero-order chi connectivity index (χ0) is 21.7. The van der Waals surface area contributed by atoms with Crippen molar-refractivity contribution in [2.45, 2.75) is 45.7 Å². The summed E-state index contributed by atoms with van der Waals surface area (Å²) in [5.74, 6) is 0.0777. The Morgan fingerprint density at radius 2 is 1.90 bits per heavy atom. The summed E-state index contributed by atoms with van der Waals surface area (Å²) in [5, 5.41) is 3.51. The van der Waals surface area contributed by atoms with Crippen LogP contribution in [0.1, 0.15) is 49.4 Å². The Hall–Kier alpha value is -2.44. The highest BCUT2D eigenvalue weighted by Crippen LogP contribution is 2.23. The Balaban J connectivity index is 1.56. The molecule has 2 aromatic carbocycles. The predicted molar refractivity (Wildman–Crippen MR) is 114 cm³/mol. The number of carbonyl (C=O) groups excluding carboxylic acids is 2. The highest BCUT2D eigenvalue weighted by molar-refractivity contribution is 6.30. The molecule has 0 aliphatic carbocycles. The Morgan fingerprint density at radius 1 is 1.17 bits per heavy atom. The van der Waals surface area contributed by atoms with Crippen molar-refractivity contribution in [3.8, 4) is 5.75 Å². The quantitative estimate of drug-likeness (QED) is 0.596. The highest BCUT2D eigenvalue weighted by atomic mass is 35.5. The Labute approximate surface area is 181 Å². The molecule has 1 atom stereocenters. The predicted octanol–water partition coefficient (Wildman–Crippen LogP) is 4.42. The van der Waals surface area contributed by atoms with Gasteiger partial charge in [-0.15, -0.1) is 0 Å². The minimum absolute atomic E-state index is 0.0340. The fourth-order valence-corrected chi connectivity index (χ4v) is 3.57. The van der Waals surface area contributed by atoms with Crippen LogP contribution in [0.2, 0.25) is 5.02 Å². The van der Waals surface area contributed by atoms with E-state index in [2.05, 4.69) is 11.4 Å². The molecule has 0 aromatic heterocycles. The largest absolute Gasteiger partial charge is 0.491 e. The molecule has 30 heavy (non-hydrogen) atoms. The topological polar surface area (TPSA) is 58.6 Å². The van der Waals surface area contributed by atoms with E-state index < -0.39 is 5.82 Å². The van der Waals surface area contributed by atoms with Crippen LogP contribution < -0.4 is 10.1 Å². The Bertz CT molecular complexity index is 919. The first kappa shape index (κ1) is 22.2. The number of imide groups is 1. The van der Waals surface area contributed by atoms with Gasteiger partial charge in [0.25, 0.3) is 0 Å². The maximum atomic E-state index is 13.7. The Morgan fingerprint density at radius 3 is 2.57 bits per heavy atom. The van der Waals surface area contributed by atoms with Gasteiger partial charge in [0, 0.05) is 25.4 Å². The van der Waals surface area contributed by atoms with E-state index in [1.54, 1.807) is 6.07 Å². The molecular weight excluding hydrogens is 407 g/mol. The molecule has 1 aliphatic heterocycles. The fraction of sp³-hybridized carbons (Fsp3) is 0.391. The third-order valence-corrected chi connectivity index (χ3v) is 5.60. The van der Waals surface area contributed by atoms with Crippen LogP contribution in [0.4, 0.5) is 4.39 Å². The number of nitrogens with one attached hydrogen (secondary N) is 1. The molecule has 1 fully saturated rings. The molecule has 5 nitrogen and oxygen atoms in total. The van der Waals surface area contributed by atoms with E-state index in [0.717, 1.165) is 28.9 Å². The van der Waals surface area contributed by atoms with Crippen LogP contribution in [0.15, 0.2) is 36.4 Å². The summed E-state index contributed by atoms with van der Waals surface area (Å²) < 4.78 is 19.5. The minimum Gasteiger partial charge on any atom is -0.491 e. The third kappa shape index (κ3) is 5.37. The van der Waals surface area contributed by atoms with Crippen molar-refractivity contribution < 1.29 is 18.7 Å². The molecule has 1 heterocycles. The van der Waals surface area contributed by atoms with Crippen LogP contribution in [0.3, 0.4) is 0 Å². The van der Waals surface area contributed by atoms with Gasteiger partial charge in [-0.1, -0.05) is 36.7 Å². The van der Waals surface area contributed by atoms with E-state index >= 15 is 0 Å². The van der Waals surface area contributed by atoms with E-state index in [0.29, 0.717) is 19.4 Å². The second-order valence-corrected chi connectivity index (χ2v) is 7.77. The van der Waals surface area contributed by atoms with Crippen LogP contribution in [0, 0.1) is 5.82 Å². The van der Waals surface area contributed by atoms with Gasteiger partial charge < -0.3 is 10.1 Å². The van der Waals surface area contributed by atoms with E-state index in [9.17, 15) is 14.0 Å². The van der Waals surface area contributed by atoms with Gasteiger partial charge in [0.15, 0.2) is 0 Å². The van der Waals surface area contributed by atoms with Crippen molar-refractivity contribution in [1.29, 1.82) is 0 Å². The molecule has 2 aromatic rings. The molecule has 0 radical (unpaired) electrons. The van der Waals surface area contributed by atoms with Crippen molar-refractivity contribution in [3.05, 3.63) is 63.9 Å². The fourth-order valence-electron chi connectivity index (χ4n) is 3.45. The second kappa shape index (κ2) is 10.0. The number of aryl methyl sites for hydroxylation is 1. The van der Waals surface area contributed by atoms with E-state index in [4.69, 9.17) is 16.3 Å². The summed E-state index contributed by atoms with van der Waals surface area (Å²) in [6.07, 6.45) is 1.38. The standard InChI is InChI=1S/C23H26ClFN2O3/c1-3-17-12-16(14-26-15(2)18-5-6-19(24)20(25)13-18)4-7-21(17)30-11-10-27-22(28)8-9-23(27)29/h4-7,12-13,15,26H,3,8-11,14H2,1-2H3/t15-/m0/s1. The summed E-state index contributed by atoms with van der Waals surface area (Å²) in [5.41, 5.74) is 2.97. The molecule has 160 valence electrons. The SMILES string of the molecule is CCc1cc(CN[C@@H](C)c2ccc(Cl)c(F)c2)ccc1OCCN1C(=O)CCC1=O. The lowest BCUT2D eigenvalue weighted by molar-refractivity contribution is -0.138. The zero-order valence-electron chi connectivity index (χ0n) is 17.2. The van der Waals surface area contributed by atoms with E-state index in [-0.39, 0.29) is 36.0 Å². The average molecular weight is 433 g/mol. The number of halogens is 2. The zero-order valence-corrected chi connectivity index (χ0v) is 18.0. The number of likely N-dealkylation sites (tertiary alicyclic amines) is 1. The normalized spacial score (nSPS) is 15.0. The van der Waals surface area contributed by atoms with Gasteiger partial charge in [-0.3, -0.25) is 14.5 Å². The summed E-state index contributed by atoms with van der Waals surface area (Å²) >= 11 is 5.75. The van der Waals surface area contributed by atoms with Gasteiger partial charge in [0.1, 0.15) is 18.2 Å². The lowest BCUT2D eigenvalue weighted by atomic mass is 10.1. The Kier molecular flexibility index (Phi) is 7.45. The van der Waals surface area contributed by atoms with Crippen molar-refractivity contribution in [1.82, 2.24) is 10.2 Å². The number of amides is 2. The number of benzene rings is 2. The number of nitrogens with zero attached hydrogens (tertiary/aromatic N) is 1. The molecule has 3 rings (SSSR count). The molecule has 2 amide bonds. The molecule has 1 N–H and O–H groups in total. The molecule has 0 saturated carbocycles. The van der Waals surface area contributed by atoms with Gasteiger partial charge >= 0.3 is 0 Å². The van der Waals surface area contributed by atoms with Crippen molar-refractivity contribution in [2.75, 3.05) is 13.2 Å². The summed E-state index contributed by atoms with van der Waals surface area (Å²) in [4.78, 5) is 24.6. The van der Waals surface area contributed by atoms with Gasteiger partial charge in [-0.05, 0) is 48.2 Å². The average Bonchev–Trinajstić information content (AvgIpc) is 3.06. The maximum absolute atomic E-state index is 13.7. The molecule has 0 spiro atoms. The molecular formula is C23H26ClFN2O3. The summed E-state index contributed by atoms with van der Waals surface area (Å²) in [6.45, 7) is 5.20. The van der Waals surface area contributed by atoms with E-state index in [1.807, 2.05) is 32.0 Å². The van der Waals surface area contributed by atoms with Gasteiger partial charge in [-0.2, -0.15) is 0 Å². The molecule has 7 heteroatoms. The van der Waals surface area contributed by atoms with Gasteiger partial charge in [-0.25, -0.2) is 4.39 Å². The number of rotatable bonds is 9. The molecule has 1 aliphatic rings. The molecule has 1 saturated heterocycles. The highest BCUT2D eigenvalue weighted by Gasteiger charge is 2.28. The van der Waals surface area contributed by atoms with Crippen LogP contribution >= 0.6 is 11.6 Å². The monoisotopic (exact) mass is 432 g/mol. The lowest BCUT2D eigenvalue weighted by Gasteiger charge is -2.17. The second-order valence-electron chi connectivity index (χ2n) is 7.36. The lowest BCUT2D eigenvalue weighted by Crippen LogP contribution is -2.33. The molecule has 0 bridgehead atoms. The molecule has 0 unspecified atom stereocenters. The summed E-state index contributed by atoms with van der Waals surface area (Å²) in [6, 6.07) is 10.8. The number of carbonyl (C=O) groups is 2. The summed E-state index contributed by atoms with van der Waals surface area (Å²) in [7, 11) is 0. The van der Waals surface area contributed by atoms with Crippen LogP contribution in [-0.2, 0) is 22.6 Å². The van der Waals surface area contributed by atoms with E-state index in [1.165, 1.54) is 11.0 Å². The number of ether oxygens (including phenoxy) is 1. The van der Waals surface area contributed by atoms with Crippen LogP contribution in [0.25, 0.3) is 0 Å². The van der Waals surface area contributed by atoms with Gasteiger partial charge in [0.2, 0.25) is 11.8 Å². The third-order valence-electron chi connectivity index (χ3n) is 5.29. The van der Waals surface area contributed by atoms with Gasteiger partial charge in [0.05, 0.1) is 11.6 Å². The van der Waals surface area contributed by atoms with Crippen LogP contribution in [-0.4, -0.2) is 29.9 Å². The number of hydrogen-bond donors (Lipinski definition) is 1. The number of hydrogen-bond acceptors (Lipinski definition) is 4. The van der Waals surface area contributed by atoms with Crippen molar-refractivity contribution >= 4 is 23.4 Å². The van der Waals surface area contributed by atoms with Crippen LogP contribution in [0.5, 0.6) is 5.75 Å².